The van der Waals surface area contributed by atoms with Crippen LogP contribution in [-0.2, 0) is 0 Å². The minimum Gasteiger partial charge on any atom is -0.392 e. The van der Waals surface area contributed by atoms with E-state index in [1.165, 1.54) is 36.8 Å². The van der Waals surface area contributed by atoms with Gasteiger partial charge in [-0.1, -0.05) is 66.7 Å². The van der Waals surface area contributed by atoms with E-state index >= 15 is 0 Å². The molecule has 0 aromatic carbocycles. The average molecular weight is 572 g/mol. The second kappa shape index (κ2) is 16.5. The number of allylic oxidation sites excluding steroid dienone is 1. The summed E-state index contributed by atoms with van der Waals surface area (Å²) in [4.78, 5) is 3.67. The molecule has 0 radical (unpaired) electrons. The molecule has 7 unspecified atom stereocenters. The minimum absolute atomic E-state index is 0.0399. The lowest BCUT2D eigenvalue weighted by atomic mass is 9.83. The summed E-state index contributed by atoms with van der Waals surface area (Å²) in [5, 5.41) is 13.8. The predicted octanol–water partition coefficient (Wildman–Crippen LogP) is 6.76. The van der Waals surface area contributed by atoms with Gasteiger partial charge in [-0.25, -0.2) is 4.99 Å². The standard InChI is InChI=1S/C31H59N2OPS2/c1-13-14-29(37-20-28(26-16-23(26)3)33-31(9,10)11)36-19-27(24(4)17-34)32-21-35(12)18-22(2)15-25(5)30(6,7)8/h21-23,26-29,33-34H,4-5,13-20H2,1-3,6-12H3/p+1. The molecule has 1 aliphatic rings. The lowest BCUT2D eigenvalue weighted by molar-refractivity contribution is -0.478. The molecule has 1 aliphatic carbocycles. The van der Waals surface area contributed by atoms with E-state index in [0.29, 0.717) is 16.5 Å². The molecule has 0 aromatic heterocycles. The molecule has 0 aliphatic heterocycles. The van der Waals surface area contributed by atoms with E-state index in [-0.39, 0.29) is 31.5 Å². The highest BCUT2D eigenvalue weighted by atomic mass is 32.2. The van der Waals surface area contributed by atoms with Crippen LogP contribution in [0.15, 0.2) is 24.3 Å². The maximum atomic E-state index is 9.86. The molecule has 0 amide bonds. The van der Waals surface area contributed by atoms with E-state index in [1.54, 1.807) is 0 Å². The Bertz CT molecular complexity index is 728. The number of nitrogens with one attached hydrogen (secondary N) is 2. The molecule has 1 saturated carbocycles. The lowest BCUT2D eigenvalue weighted by Gasteiger charge is -2.30. The molecule has 0 saturated heterocycles. The van der Waals surface area contributed by atoms with Crippen molar-refractivity contribution >= 4 is 37.4 Å². The van der Waals surface area contributed by atoms with Gasteiger partial charge in [-0.15, -0.1) is 23.5 Å². The Hall–Kier alpha value is 0.200. The molecule has 3 N–H and O–H groups in total. The molecule has 0 aromatic rings. The molecule has 3 nitrogen and oxygen atoms in total. The molecule has 6 heteroatoms. The first-order chi connectivity index (χ1) is 17.1. The van der Waals surface area contributed by atoms with E-state index in [0.717, 1.165) is 29.6 Å². The topological polar surface area (TPSA) is 46.2 Å². The first-order valence-corrected chi connectivity index (χ1v) is 18.5. The van der Waals surface area contributed by atoms with Crippen molar-refractivity contribution < 1.29 is 10.1 Å². The van der Waals surface area contributed by atoms with E-state index in [9.17, 15) is 5.11 Å². The molecular formula is C31H60N2OPS2+. The van der Waals surface area contributed by atoms with Gasteiger partial charge in [-0.05, 0) is 84.0 Å². The summed E-state index contributed by atoms with van der Waals surface area (Å²) in [5.41, 5.74) is 2.57. The smallest absolute Gasteiger partial charge is 0.183 e. The number of aliphatic hydroxyl groups is 1. The number of hydrogen-bond acceptors (Lipinski definition) is 4. The highest BCUT2D eigenvalue weighted by molar-refractivity contribution is 8.17. The summed E-state index contributed by atoms with van der Waals surface area (Å²) >= 11 is 4.18. The summed E-state index contributed by atoms with van der Waals surface area (Å²) in [7, 11) is -0.238. The van der Waals surface area contributed by atoms with Crippen LogP contribution in [-0.4, -0.2) is 64.2 Å². The monoisotopic (exact) mass is 571 g/mol. The molecule has 1 fully saturated rings. The van der Waals surface area contributed by atoms with Crippen molar-refractivity contribution in [3.05, 3.63) is 24.3 Å². The van der Waals surface area contributed by atoms with Crippen LogP contribution in [0, 0.1) is 23.2 Å². The Morgan fingerprint density at radius 2 is 1.76 bits per heavy atom. The van der Waals surface area contributed by atoms with Gasteiger partial charge in [0.05, 0.1) is 16.9 Å². The first-order valence-electron chi connectivity index (χ1n) is 14.3. The number of hydrogen-bond donors (Lipinski definition) is 3. The Kier molecular flexibility index (Phi) is 15.7. The SMILES string of the molecule is C=C(CO)C(CSC(CCC)SCC(NC(C)(C)C)C1CC1C)[NH+]=CP(C)CC(C)CC(=C)C(C)(C)C. The van der Waals surface area contributed by atoms with Crippen molar-refractivity contribution in [2.75, 3.05) is 30.9 Å². The van der Waals surface area contributed by atoms with Gasteiger partial charge >= 0.3 is 0 Å². The summed E-state index contributed by atoms with van der Waals surface area (Å²) in [6, 6.07) is 0.710. The van der Waals surface area contributed by atoms with Gasteiger partial charge in [0.1, 0.15) is 0 Å². The van der Waals surface area contributed by atoms with E-state index in [2.05, 4.69) is 110 Å². The fourth-order valence-electron chi connectivity index (χ4n) is 4.55. The molecule has 216 valence electrons. The third-order valence-corrected chi connectivity index (χ3v) is 12.1. The van der Waals surface area contributed by atoms with Crippen molar-refractivity contribution in [1.29, 1.82) is 0 Å². The Balaban J connectivity index is 2.69. The fourth-order valence-corrected chi connectivity index (χ4v) is 9.36. The largest absolute Gasteiger partial charge is 0.392 e. The van der Waals surface area contributed by atoms with Crippen LogP contribution in [0.2, 0.25) is 0 Å². The van der Waals surface area contributed by atoms with Crippen molar-refractivity contribution in [1.82, 2.24) is 5.32 Å². The van der Waals surface area contributed by atoms with Crippen LogP contribution in [0.1, 0.15) is 88.0 Å². The highest BCUT2D eigenvalue weighted by Crippen LogP contribution is 2.43. The van der Waals surface area contributed by atoms with Gasteiger partial charge in [0.2, 0.25) is 0 Å². The lowest BCUT2D eigenvalue weighted by Crippen LogP contribution is -2.78. The van der Waals surface area contributed by atoms with Gasteiger partial charge in [-0.3, -0.25) is 0 Å². The third-order valence-electron chi connectivity index (χ3n) is 7.19. The molecule has 0 bridgehead atoms. The zero-order chi connectivity index (χ0) is 28.4. The fraction of sp³-hybridized carbons (Fsp3) is 0.839. The second-order valence-electron chi connectivity index (χ2n) is 13.5. The van der Waals surface area contributed by atoms with Crippen molar-refractivity contribution in [2.45, 2.75) is 110 Å². The quantitative estimate of drug-likeness (QED) is 0.0736. The maximum Gasteiger partial charge on any atom is 0.183 e. The van der Waals surface area contributed by atoms with Gasteiger partial charge in [-0.2, -0.15) is 0 Å². The Morgan fingerprint density at radius 3 is 2.24 bits per heavy atom. The van der Waals surface area contributed by atoms with Crippen LogP contribution in [0.5, 0.6) is 0 Å². The molecule has 0 heterocycles. The van der Waals surface area contributed by atoms with Crippen LogP contribution in [0.3, 0.4) is 0 Å². The summed E-state index contributed by atoms with van der Waals surface area (Å²) in [5.74, 6) is 6.73. The molecular weight excluding hydrogens is 511 g/mol. The van der Waals surface area contributed by atoms with Crippen LogP contribution >= 0.6 is 31.4 Å². The van der Waals surface area contributed by atoms with Crippen molar-refractivity contribution in [3.8, 4) is 0 Å². The van der Waals surface area contributed by atoms with E-state index in [4.69, 9.17) is 0 Å². The minimum atomic E-state index is -0.238. The third kappa shape index (κ3) is 15.0. The van der Waals surface area contributed by atoms with Crippen molar-refractivity contribution in [2.24, 2.45) is 23.2 Å². The number of aliphatic hydroxyl groups excluding tert-OH is 1. The highest BCUT2D eigenvalue weighted by Gasteiger charge is 2.40. The molecule has 37 heavy (non-hydrogen) atoms. The van der Waals surface area contributed by atoms with Gasteiger partial charge in [0, 0.05) is 22.9 Å². The van der Waals surface area contributed by atoms with Crippen LogP contribution < -0.4 is 10.3 Å². The van der Waals surface area contributed by atoms with E-state index in [1.807, 2.05) is 11.8 Å². The van der Waals surface area contributed by atoms with Crippen LogP contribution in [0.25, 0.3) is 0 Å². The Labute approximate surface area is 240 Å². The molecule has 1 rings (SSSR count). The van der Waals surface area contributed by atoms with Crippen LogP contribution in [0.4, 0.5) is 0 Å². The first kappa shape index (κ1) is 35.2. The van der Waals surface area contributed by atoms with Gasteiger partial charge in [0.25, 0.3) is 0 Å². The van der Waals surface area contributed by atoms with Gasteiger partial charge < -0.3 is 10.4 Å². The van der Waals surface area contributed by atoms with Crippen molar-refractivity contribution in [3.63, 3.8) is 0 Å². The van der Waals surface area contributed by atoms with Gasteiger partial charge in [0.15, 0.2) is 12.0 Å². The maximum absolute atomic E-state index is 9.86. The van der Waals surface area contributed by atoms with E-state index < -0.39 is 0 Å². The summed E-state index contributed by atoms with van der Waals surface area (Å²) < 4.78 is 0.575. The number of thioether (sulfide) groups is 2. The summed E-state index contributed by atoms with van der Waals surface area (Å²) in [6.07, 6.45) is 6.06. The average Bonchev–Trinajstić information content (AvgIpc) is 3.50. The Morgan fingerprint density at radius 1 is 1.16 bits per heavy atom. The predicted molar refractivity (Wildman–Crippen MR) is 175 cm³/mol. The summed E-state index contributed by atoms with van der Waals surface area (Å²) in [6.45, 7) is 31.6. The second-order valence-corrected chi connectivity index (χ2v) is 18.4. The zero-order valence-corrected chi connectivity index (χ0v) is 28.4. The zero-order valence-electron chi connectivity index (χ0n) is 25.8. The molecule has 7 atom stereocenters. The normalized spacial score (nSPS) is 22.5. The number of rotatable bonds is 18. The molecule has 0 spiro atoms.